The van der Waals surface area contributed by atoms with Crippen LogP contribution in [-0.4, -0.2) is 34.2 Å². The number of amides is 1. The van der Waals surface area contributed by atoms with Crippen LogP contribution in [0.3, 0.4) is 0 Å². The molecule has 19 heavy (non-hydrogen) atoms. The van der Waals surface area contributed by atoms with Crippen molar-refractivity contribution in [3.05, 3.63) is 33.8 Å². The Labute approximate surface area is 120 Å². The second-order valence-electron chi connectivity index (χ2n) is 4.37. The van der Waals surface area contributed by atoms with Crippen LogP contribution in [0.15, 0.2) is 18.2 Å². The van der Waals surface area contributed by atoms with Gasteiger partial charge in [0.1, 0.15) is 0 Å². The molecule has 1 amide bonds. The highest BCUT2D eigenvalue weighted by molar-refractivity contribution is 6.36. The Morgan fingerprint density at radius 3 is 2.53 bits per heavy atom. The molecule has 0 aromatic heterocycles. The Bertz CT molecular complexity index is 503. The average molecular weight is 306 g/mol. The Morgan fingerprint density at radius 2 is 2.00 bits per heavy atom. The predicted molar refractivity (Wildman–Crippen MR) is 71.7 cm³/mol. The lowest BCUT2D eigenvalue weighted by Gasteiger charge is -2.21. The normalized spacial score (nSPS) is 13.7. The van der Waals surface area contributed by atoms with Gasteiger partial charge in [-0.1, -0.05) is 23.2 Å². The number of halogens is 2. The van der Waals surface area contributed by atoms with Crippen LogP contribution in [0.1, 0.15) is 23.7 Å². The average Bonchev–Trinajstić information content (AvgIpc) is 2.24. The van der Waals surface area contributed by atoms with Crippen LogP contribution in [0.25, 0.3) is 0 Å². The molecular weight excluding hydrogens is 293 g/mol. The third-order valence-corrected chi connectivity index (χ3v) is 2.89. The molecule has 7 heteroatoms. The standard InChI is InChI=1S/C12H13Cl2NO4/c1-12(19,5-10(16)17)6-15-11(18)8-3-2-7(13)4-9(8)14/h2-4,19H,5-6H2,1H3,(H,15,18)(H,16,17). The van der Waals surface area contributed by atoms with E-state index in [0.29, 0.717) is 5.02 Å². The summed E-state index contributed by atoms with van der Waals surface area (Å²) in [5, 5.41) is 21.4. The van der Waals surface area contributed by atoms with Crippen molar-refractivity contribution < 1.29 is 19.8 Å². The number of carboxylic acid groups (broad SMARTS) is 1. The van der Waals surface area contributed by atoms with Gasteiger partial charge in [-0.2, -0.15) is 0 Å². The number of rotatable bonds is 5. The van der Waals surface area contributed by atoms with Crippen LogP contribution in [-0.2, 0) is 4.79 Å². The fraction of sp³-hybridized carbons (Fsp3) is 0.333. The maximum absolute atomic E-state index is 11.8. The van der Waals surface area contributed by atoms with Crippen molar-refractivity contribution in [2.75, 3.05) is 6.54 Å². The maximum Gasteiger partial charge on any atom is 0.306 e. The molecule has 0 aliphatic rings. The summed E-state index contributed by atoms with van der Waals surface area (Å²) in [4.78, 5) is 22.3. The van der Waals surface area contributed by atoms with E-state index in [1.807, 2.05) is 0 Å². The van der Waals surface area contributed by atoms with Crippen molar-refractivity contribution in [3.8, 4) is 0 Å². The van der Waals surface area contributed by atoms with Gasteiger partial charge in [-0.25, -0.2) is 0 Å². The summed E-state index contributed by atoms with van der Waals surface area (Å²) in [5.41, 5.74) is -1.32. The lowest BCUT2D eigenvalue weighted by atomic mass is 10.0. The van der Waals surface area contributed by atoms with Gasteiger partial charge in [0.25, 0.3) is 5.91 Å². The summed E-state index contributed by atoms with van der Waals surface area (Å²) in [6.45, 7) is 1.13. The molecule has 1 aromatic carbocycles. The van der Waals surface area contributed by atoms with Gasteiger partial charge in [-0.05, 0) is 25.1 Å². The molecule has 0 saturated carbocycles. The van der Waals surface area contributed by atoms with E-state index in [-0.39, 0.29) is 17.1 Å². The van der Waals surface area contributed by atoms with Gasteiger partial charge in [0.15, 0.2) is 0 Å². The first-order chi connectivity index (χ1) is 8.71. The van der Waals surface area contributed by atoms with Gasteiger partial charge in [-0.15, -0.1) is 0 Å². The SMILES string of the molecule is CC(O)(CNC(=O)c1ccc(Cl)cc1Cl)CC(=O)O. The van der Waals surface area contributed by atoms with Gasteiger partial charge in [-0.3, -0.25) is 9.59 Å². The molecule has 5 nitrogen and oxygen atoms in total. The summed E-state index contributed by atoms with van der Waals surface area (Å²) >= 11 is 11.6. The first-order valence-electron chi connectivity index (χ1n) is 5.39. The zero-order valence-corrected chi connectivity index (χ0v) is 11.6. The van der Waals surface area contributed by atoms with Crippen LogP contribution in [0.2, 0.25) is 10.0 Å². The number of benzene rings is 1. The molecule has 1 aromatic rings. The van der Waals surface area contributed by atoms with E-state index in [2.05, 4.69) is 5.32 Å². The number of hydrogen-bond acceptors (Lipinski definition) is 3. The van der Waals surface area contributed by atoms with E-state index in [9.17, 15) is 14.7 Å². The molecule has 1 unspecified atom stereocenters. The van der Waals surface area contributed by atoms with Crippen molar-refractivity contribution in [1.29, 1.82) is 0 Å². The zero-order valence-electron chi connectivity index (χ0n) is 10.1. The minimum absolute atomic E-state index is 0.183. The molecule has 0 spiro atoms. The second-order valence-corrected chi connectivity index (χ2v) is 5.22. The highest BCUT2D eigenvalue weighted by atomic mass is 35.5. The predicted octanol–water partition coefficient (Wildman–Crippen LogP) is 1.95. The zero-order chi connectivity index (χ0) is 14.6. The van der Waals surface area contributed by atoms with Crippen LogP contribution in [0.4, 0.5) is 0 Å². The molecule has 0 radical (unpaired) electrons. The fourth-order valence-corrected chi connectivity index (χ4v) is 1.92. The highest BCUT2D eigenvalue weighted by Gasteiger charge is 2.25. The van der Waals surface area contributed by atoms with Crippen molar-refractivity contribution in [2.24, 2.45) is 0 Å². The number of carbonyl (C=O) groups is 2. The van der Waals surface area contributed by atoms with E-state index in [0.717, 1.165) is 0 Å². The highest BCUT2D eigenvalue weighted by Crippen LogP contribution is 2.21. The van der Waals surface area contributed by atoms with Gasteiger partial charge >= 0.3 is 5.97 Å². The summed E-state index contributed by atoms with van der Waals surface area (Å²) in [7, 11) is 0. The molecular formula is C12H13Cl2NO4. The Kier molecular flexibility index (Phi) is 5.17. The summed E-state index contributed by atoms with van der Waals surface area (Å²) in [6.07, 6.45) is -0.471. The van der Waals surface area contributed by atoms with Gasteiger partial charge in [0.2, 0.25) is 0 Å². The molecule has 1 rings (SSSR count). The molecule has 0 aliphatic carbocycles. The molecule has 0 aliphatic heterocycles. The molecule has 104 valence electrons. The minimum Gasteiger partial charge on any atom is -0.481 e. The van der Waals surface area contributed by atoms with Crippen molar-refractivity contribution >= 4 is 35.1 Å². The lowest BCUT2D eigenvalue weighted by molar-refractivity contribution is -0.141. The van der Waals surface area contributed by atoms with Crippen LogP contribution in [0, 0.1) is 0 Å². The van der Waals surface area contributed by atoms with E-state index in [1.54, 1.807) is 0 Å². The Morgan fingerprint density at radius 1 is 1.37 bits per heavy atom. The molecule has 0 fully saturated rings. The van der Waals surface area contributed by atoms with Gasteiger partial charge in [0.05, 0.1) is 22.6 Å². The van der Waals surface area contributed by atoms with Crippen molar-refractivity contribution in [2.45, 2.75) is 18.9 Å². The molecule has 1 atom stereocenters. The smallest absolute Gasteiger partial charge is 0.306 e. The molecule has 0 heterocycles. The largest absolute Gasteiger partial charge is 0.481 e. The number of carboxylic acids is 1. The van der Waals surface area contributed by atoms with E-state index < -0.39 is 23.9 Å². The number of hydrogen-bond donors (Lipinski definition) is 3. The minimum atomic E-state index is -1.53. The number of carbonyl (C=O) groups excluding carboxylic acids is 1. The maximum atomic E-state index is 11.8. The Balaban J connectivity index is 2.68. The summed E-state index contributed by atoms with van der Waals surface area (Å²) in [5.74, 6) is -1.66. The third kappa shape index (κ3) is 5.06. The van der Waals surface area contributed by atoms with Crippen LogP contribution >= 0.6 is 23.2 Å². The monoisotopic (exact) mass is 305 g/mol. The van der Waals surface area contributed by atoms with Gasteiger partial charge in [0, 0.05) is 11.6 Å². The van der Waals surface area contributed by atoms with Crippen molar-refractivity contribution in [1.82, 2.24) is 5.32 Å². The number of nitrogens with one attached hydrogen (secondary N) is 1. The van der Waals surface area contributed by atoms with Gasteiger partial charge < -0.3 is 15.5 Å². The fourth-order valence-electron chi connectivity index (χ4n) is 1.43. The number of aliphatic carboxylic acids is 1. The van der Waals surface area contributed by atoms with Crippen LogP contribution in [0.5, 0.6) is 0 Å². The first-order valence-corrected chi connectivity index (χ1v) is 6.14. The van der Waals surface area contributed by atoms with Crippen LogP contribution < -0.4 is 5.32 Å². The summed E-state index contributed by atoms with van der Waals surface area (Å²) < 4.78 is 0. The van der Waals surface area contributed by atoms with E-state index in [4.69, 9.17) is 28.3 Å². The van der Waals surface area contributed by atoms with E-state index in [1.165, 1.54) is 25.1 Å². The lowest BCUT2D eigenvalue weighted by Crippen LogP contribution is -2.42. The quantitative estimate of drug-likeness (QED) is 0.776. The van der Waals surface area contributed by atoms with Crippen molar-refractivity contribution in [3.63, 3.8) is 0 Å². The molecule has 3 N–H and O–H groups in total. The topological polar surface area (TPSA) is 86.6 Å². The molecule has 0 saturated heterocycles. The molecule has 0 bridgehead atoms. The Hall–Kier alpha value is -1.30. The first kappa shape index (κ1) is 15.8. The van der Waals surface area contributed by atoms with E-state index >= 15 is 0 Å². The summed E-state index contributed by atoms with van der Waals surface area (Å²) in [6, 6.07) is 4.39. The number of aliphatic hydroxyl groups is 1. The second kappa shape index (κ2) is 6.23. The third-order valence-electron chi connectivity index (χ3n) is 2.34.